The highest BCUT2D eigenvalue weighted by atomic mass is 28.3. The summed E-state index contributed by atoms with van der Waals surface area (Å²) in [7, 11) is -1.87. The minimum atomic E-state index is -1.87. The predicted molar refractivity (Wildman–Crippen MR) is 95.6 cm³/mol. The predicted octanol–water partition coefficient (Wildman–Crippen LogP) is 2.41. The monoisotopic (exact) mass is 285 g/mol. The Bertz CT molecular complexity index is 641. The molecule has 0 aliphatic carbocycles. The van der Waals surface area contributed by atoms with Gasteiger partial charge in [0, 0.05) is 0 Å². The Hall–Kier alpha value is -2.06. The number of rotatable bonds is 4. The van der Waals surface area contributed by atoms with Crippen LogP contribution in [0.2, 0.25) is 6.55 Å². The van der Waals surface area contributed by atoms with Crippen molar-refractivity contribution in [2.24, 2.45) is 0 Å². The summed E-state index contributed by atoms with van der Waals surface area (Å²) in [4.78, 5) is 0. The van der Waals surface area contributed by atoms with Gasteiger partial charge in [0.25, 0.3) is 0 Å². The summed E-state index contributed by atoms with van der Waals surface area (Å²) in [5.41, 5.74) is 1.30. The first-order valence-electron chi connectivity index (χ1n) is 7.31. The molecule has 3 aromatic carbocycles. The minimum absolute atomic E-state index is 1.30. The molecule has 0 spiro atoms. The van der Waals surface area contributed by atoms with Crippen molar-refractivity contribution in [1.82, 2.24) is 0 Å². The number of hydrogen-bond donors (Lipinski definition) is 0. The van der Waals surface area contributed by atoms with Crippen LogP contribution in [0.3, 0.4) is 0 Å². The van der Waals surface area contributed by atoms with Crippen LogP contribution in [-0.2, 0) is 0 Å². The molecule has 2 radical (unpaired) electrons. The van der Waals surface area contributed by atoms with Gasteiger partial charge in [-0.15, -0.1) is 12.1 Å². The Kier molecular flexibility index (Phi) is 4.07. The Morgan fingerprint density at radius 1 is 0.571 bits per heavy atom. The zero-order valence-electron chi connectivity index (χ0n) is 12.2. The molecule has 0 fully saturated rings. The molecule has 0 amide bonds. The average Bonchev–Trinajstić information content (AvgIpc) is 2.57. The third-order valence-electron chi connectivity index (χ3n) is 4.00. The van der Waals surface area contributed by atoms with Gasteiger partial charge < -0.3 is 0 Å². The van der Waals surface area contributed by atoms with Crippen molar-refractivity contribution in [3.8, 4) is 0 Å². The summed E-state index contributed by atoms with van der Waals surface area (Å²) in [6.07, 6.45) is 0. The second-order valence-corrected chi connectivity index (χ2v) is 9.34. The topological polar surface area (TPSA) is 0 Å². The fraction of sp³-hybridized carbons (Fsp3) is 0.0526. The molecule has 0 heterocycles. The van der Waals surface area contributed by atoms with Gasteiger partial charge in [0.1, 0.15) is 0 Å². The van der Waals surface area contributed by atoms with Crippen LogP contribution in [0, 0.1) is 0 Å². The van der Waals surface area contributed by atoms with E-state index in [1.165, 1.54) is 15.8 Å². The molecule has 0 aromatic heterocycles. The van der Waals surface area contributed by atoms with Crippen molar-refractivity contribution in [3.05, 3.63) is 91.0 Å². The summed E-state index contributed by atoms with van der Waals surface area (Å²) in [6, 6.07) is 32.5. The van der Waals surface area contributed by atoms with Gasteiger partial charge in [0.05, 0.1) is 0 Å². The number of hydrogen-bond acceptors (Lipinski definition) is 0. The molecule has 0 saturated heterocycles. The van der Waals surface area contributed by atoms with Crippen molar-refractivity contribution in [3.63, 3.8) is 0 Å². The lowest BCUT2D eigenvalue weighted by molar-refractivity contribution is 1.71. The smallest absolute Gasteiger partial charge is 0.0623 e. The molecule has 102 valence electrons. The molecule has 2 heteroatoms. The van der Waals surface area contributed by atoms with E-state index in [0.29, 0.717) is 0 Å². The molecule has 0 bridgehead atoms. The maximum absolute atomic E-state index is 2.48. The molecular formula is C19H18BSi-. The largest absolute Gasteiger partial charge is 0.282 e. The first-order chi connectivity index (χ1) is 10.3. The van der Waals surface area contributed by atoms with E-state index in [0.717, 1.165) is 0 Å². The van der Waals surface area contributed by atoms with Crippen LogP contribution in [0.25, 0.3) is 0 Å². The lowest BCUT2D eigenvalue weighted by Gasteiger charge is -2.42. The highest BCUT2D eigenvalue weighted by Crippen LogP contribution is 2.04. The molecule has 0 unspecified atom stereocenters. The summed E-state index contributed by atoms with van der Waals surface area (Å²) >= 11 is 0. The highest BCUT2D eigenvalue weighted by Gasteiger charge is 2.18. The molecule has 0 aliphatic heterocycles. The normalized spacial score (nSPS) is 11.3. The van der Waals surface area contributed by atoms with Gasteiger partial charge in [-0.1, -0.05) is 104 Å². The zero-order valence-corrected chi connectivity index (χ0v) is 13.2. The Morgan fingerprint density at radius 3 is 1.38 bits per heavy atom. The van der Waals surface area contributed by atoms with Crippen molar-refractivity contribution < 1.29 is 0 Å². The first kappa shape index (κ1) is 13.9. The second kappa shape index (κ2) is 6.15. The van der Waals surface area contributed by atoms with Crippen LogP contribution >= 0.6 is 0 Å². The lowest BCUT2D eigenvalue weighted by Crippen LogP contribution is -2.63. The van der Waals surface area contributed by atoms with E-state index in [-0.39, 0.29) is 0 Å². The minimum Gasteiger partial charge on any atom is -0.282 e. The quantitative estimate of drug-likeness (QED) is 0.646. The Morgan fingerprint density at radius 2 is 0.952 bits per heavy atom. The molecule has 3 rings (SSSR count). The first-order valence-corrected chi connectivity index (χ1v) is 9.89. The maximum atomic E-state index is 2.48. The van der Waals surface area contributed by atoms with E-state index in [1.807, 2.05) is 0 Å². The summed E-state index contributed by atoms with van der Waals surface area (Å²) in [6.45, 7) is 4.91. The summed E-state index contributed by atoms with van der Waals surface area (Å²) in [5, 5.41) is 2.89. The van der Waals surface area contributed by atoms with Gasteiger partial charge in [-0.3, -0.25) is 12.3 Å². The maximum Gasteiger partial charge on any atom is -0.0623 e. The average molecular weight is 285 g/mol. The third-order valence-corrected chi connectivity index (χ3v) is 7.98. The Labute approximate surface area is 128 Å². The van der Waals surface area contributed by atoms with Crippen LogP contribution < -0.4 is 15.8 Å². The van der Waals surface area contributed by atoms with E-state index in [2.05, 4.69) is 104 Å². The van der Waals surface area contributed by atoms with Crippen LogP contribution in [0.4, 0.5) is 0 Å². The lowest BCUT2D eigenvalue weighted by atomic mass is 9.94. The van der Waals surface area contributed by atoms with Crippen molar-refractivity contribution in [1.29, 1.82) is 0 Å². The van der Waals surface area contributed by atoms with Crippen molar-refractivity contribution in [2.45, 2.75) is 6.55 Å². The molecule has 0 nitrogen and oxygen atoms in total. The van der Waals surface area contributed by atoms with E-state index in [4.69, 9.17) is 0 Å². The van der Waals surface area contributed by atoms with Gasteiger partial charge in [-0.2, -0.15) is 0 Å². The second-order valence-electron chi connectivity index (χ2n) is 5.49. The molecule has 0 saturated carbocycles. The van der Waals surface area contributed by atoms with Gasteiger partial charge in [0.2, 0.25) is 0 Å². The van der Waals surface area contributed by atoms with Gasteiger partial charge in [0.15, 0.2) is 0 Å². The van der Waals surface area contributed by atoms with Gasteiger partial charge >= 0.3 is 0 Å². The van der Waals surface area contributed by atoms with Crippen LogP contribution in [0.1, 0.15) is 0 Å². The van der Waals surface area contributed by atoms with E-state index >= 15 is 0 Å². The summed E-state index contributed by atoms with van der Waals surface area (Å²) in [5.74, 6) is 0. The summed E-state index contributed by atoms with van der Waals surface area (Å²) < 4.78 is 0. The van der Waals surface area contributed by atoms with Gasteiger partial charge in [-0.05, 0) is 0 Å². The molecule has 3 aromatic rings. The van der Waals surface area contributed by atoms with Crippen LogP contribution in [-0.4, -0.2) is 14.8 Å². The van der Waals surface area contributed by atoms with Crippen LogP contribution in [0.15, 0.2) is 91.0 Å². The fourth-order valence-corrected chi connectivity index (χ4v) is 6.08. The fourth-order valence-electron chi connectivity index (χ4n) is 2.78. The van der Waals surface area contributed by atoms with E-state index in [1.54, 1.807) is 0 Å². The molecular weight excluding hydrogens is 267 g/mol. The molecule has 0 N–H and O–H groups in total. The molecule has 0 atom stereocenters. The standard InChI is InChI=1S/C19H18BSi/c1-21(18-13-7-3-8-14-18,19-15-9-4-10-16-19)20-17-11-5-2-6-12-17/h2-16H,1H3/q-1. The van der Waals surface area contributed by atoms with Gasteiger partial charge in [-0.25, -0.2) is 0 Å². The van der Waals surface area contributed by atoms with Crippen molar-refractivity contribution >= 4 is 30.7 Å². The zero-order chi connectivity index (χ0) is 14.5. The van der Waals surface area contributed by atoms with Crippen LogP contribution in [0.5, 0.6) is 0 Å². The SMILES string of the molecule is C[Si]([B-]c1ccccc1)(c1ccccc1)c1ccccc1. The van der Waals surface area contributed by atoms with Crippen molar-refractivity contribution in [2.75, 3.05) is 0 Å². The third kappa shape index (κ3) is 3.01. The molecule has 21 heavy (non-hydrogen) atoms. The highest BCUT2D eigenvalue weighted by molar-refractivity contribution is 7.40. The molecule has 0 aliphatic rings. The number of benzene rings is 3. The van der Waals surface area contributed by atoms with E-state index < -0.39 is 7.94 Å². The van der Waals surface area contributed by atoms with E-state index in [9.17, 15) is 0 Å². The Balaban J connectivity index is 2.07.